The van der Waals surface area contributed by atoms with Crippen molar-refractivity contribution in [3.63, 3.8) is 0 Å². The molecule has 0 radical (unpaired) electrons. The van der Waals surface area contributed by atoms with Crippen LogP contribution in [0.4, 0.5) is 0 Å². The molecule has 1 atom stereocenters. The van der Waals surface area contributed by atoms with Crippen LogP contribution in [0.15, 0.2) is 0 Å². The van der Waals surface area contributed by atoms with Gasteiger partial charge in [-0.15, -0.1) is 11.5 Å². The summed E-state index contributed by atoms with van der Waals surface area (Å²) in [5.74, 6) is 8.06. The van der Waals surface area contributed by atoms with Gasteiger partial charge in [0.2, 0.25) is 0 Å². The van der Waals surface area contributed by atoms with Crippen molar-refractivity contribution in [3.05, 3.63) is 0 Å². The minimum atomic E-state index is -1.35. The molecule has 17 heavy (non-hydrogen) atoms. The normalized spacial score (nSPS) is 11.6. The first-order valence-electron chi connectivity index (χ1n) is 5.58. The maximum atomic E-state index is 10.4. The SMILES string of the molecule is CC(=O)OCC#CC[C@H](O)CC#C[Si](C)(C)C. The maximum Gasteiger partial charge on any atom is 0.303 e. The predicted octanol–water partition coefficient (Wildman–Crippen LogP) is 1.57. The molecule has 0 aliphatic carbocycles. The summed E-state index contributed by atoms with van der Waals surface area (Å²) in [5, 5.41) is 9.56. The molecule has 0 aromatic rings. The van der Waals surface area contributed by atoms with Crippen molar-refractivity contribution in [2.24, 2.45) is 0 Å². The van der Waals surface area contributed by atoms with Crippen molar-refractivity contribution in [3.8, 4) is 23.3 Å². The Kier molecular flexibility index (Phi) is 7.37. The average molecular weight is 252 g/mol. The summed E-state index contributed by atoms with van der Waals surface area (Å²) in [5.41, 5.74) is 3.18. The van der Waals surface area contributed by atoms with E-state index in [-0.39, 0.29) is 12.6 Å². The molecule has 0 rings (SSSR count). The van der Waals surface area contributed by atoms with Crippen LogP contribution in [0.1, 0.15) is 19.8 Å². The van der Waals surface area contributed by atoms with Gasteiger partial charge < -0.3 is 9.84 Å². The number of hydrogen-bond acceptors (Lipinski definition) is 3. The fraction of sp³-hybridized carbons (Fsp3) is 0.615. The number of rotatable bonds is 3. The van der Waals surface area contributed by atoms with E-state index >= 15 is 0 Å². The van der Waals surface area contributed by atoms with E-state index in [0.717, 1.165) is 0 Å². The van der Waals surface area contributed by atoms with Crippen LogP contribution < -0.4 is 0 Å². The lowest BCUT2D eigenvalue weighted by Crippen LogP contribution is -2.16. The topological polar surface area (TPSA) is 46.5 Å². The van der Waals surface area contributed by atoms with Gasteiger partial charge in [-0.05, 0) is 0 Å². The summed E-state index contributed by atoms with van der Waals surface area (Å²) in [6, 6.07) is 0. The zero-order valence-corrected chi connectivity index (χ0v) is 12.0. The van der Waals surface area contributed by atoms with E-state index in [1.165, 1.54) is 6.92 Å². The van der Waals surface area contributed by atoms with E-state index in [1.807, 2.05) is 0 Å². The van der Waals surface area contributed by atoms with Gasteiger partial charge in [-0.2, -0.15) is 0 Å². The zero-order chi connectivity index (χ0) is 13.3. The van der Waals surface area contributed by atoms with E-state index in [2.05, 4.69) is 47.7 Å². The van der Waals surface area contributed by atoms with Crippen molar-refractivity contribution in [2.75, 3.05) is 6.61 Å². The third-order valence-corrected chi connectivity index (χ3v) is 2.54. The van der Waals surface area contributed by atoms with Crippen LogP contribution in [0.25, 0.3) is 0 Å². The molecule has 0 aromatic heterocycles. The molecule has 1 N–H and O–H groups in total. The highest BCUT2D eigenvalue weighted by atomic mass is 28.3. The van der Waals surface area contributed by atoms with Gasteiger partial charge in [0.15, 0.2) is 6.61 Å². The molecule has 94 valence electrons. The molecule has 3 nitrogen and oxygen atoms in total. The molecule has 0 heterocycles. The van der Waals surface area contributed by atoms with Crippen molar-refractivity contribution < 1.29 is 14.6 Å². The first-order valence-corrected chi connectivity index (χ1v) is 9.08. The molecule has 0 saturated heterocycles. The molecular formula is C13H20O3Si. The van der Waals surface area contributed by atoms with Crippen LogP contribution in [0.2, 0.25) is 19.6 Å². The first-order chi connectivity index (χ1) is 7.81. The third kappa shape index (κ3) is 12.7. The smallest absolute Gasteiger partial charge is 0.303 e. The molecule has 0 aromatic carbocycles. The Labute approximate surface area is 105 Å². The molecule has 0 aliphatic heterocycles. The molecule has 0 aliphatic rings. The number of aliphatic hydroxyl groups is 1. The Bertz CT molecular complexity index is 360. The van der Waals surface area contributed by atoms with E-state index in [9.17, 15) is 9.90 Å². The van der Waals surface area contributed by atoms with Crippen molar-refractivity contribution >= 4 is 14.0 Å². The number of esters is 1. The van der Waals surface area contributed by atoms with Crippen molar-refractivity contribution in [1.29, 1.82) is 0 Å². The van der Waals surface area contributed by atoms with Gasteiger partial charge >= 0.3 is 5.97 Å². The summed E-state index contributed by atoms with van der Waals surface area (Å²) in [6.45, 7) is 7.90. The minimum Gasteiger partial charge on any atom is -0.453 e. The second kappa shape index (κ2) is 7.95. The monoisotopic (exact) mass is 252 g/mol. The minimum absolute atomic E-state index is 0.0859. The Hall–Kier alpha value is -1.23. The predicted molar refractivity (Wildman–Crippen MR) is 70.8 cm³/mol. The lowest BCUT2D eigenvalue weighted by atomic mass is 10.2. The lowest BCUT2D eigenvalue weighted by molar-refractivity contribution is -0.139. The maximum absolute atomic E-state index is 10.4. The second-order valence-corrected chi connectivity index (χ2v) is 9.50. The zero-order valence-electron chi connectivity index (χ0n) is 11.0. The van der Waals surface area contributed by atoms with Gasteiger partial charge in [-0.3, -0.25) is 4.79 Å². The van der Waals surface area contributed by atoms with Crippen LogP contribution in [0, 0.1) is 23.3 Å². The van der Waals surface area contributed by atoms with Gasteiger partial charge in [0.1, 0.15) is 8.07 Å². The van der Waals surface area contributed by atoms with Crippen molar-refractivity contribution in [1.82, 2.24) is 0 Å². The van der Waals surface area contributed by atoms with Gasteiger partial charge in [-0.1, -0.05) is 31.5 Å². The van der Waals surface area contributed by atoms with Gasteiger partial charge in [0.05, 0.1) is 6.10 Å². The lowest BCUT2D eigenvalue weighted by Gasteiger charge is -2.04. The molecule has 0 bridgehead atoms. The standard InChI is InChI=1S/C13H20O3Si/c1-12(14)16-10-6-5-8-13(15)9-7-11-17(2,3)4/h13,15H,8-10H2,1-4H3/t13-/m0/s1. The highest BCUT2D eigenvalue weighted by molar-refractivity contribution is 6.83. The van der Waals surface area contributed by atoms with Gasteiger partial charge in [-0.25, -0.2) is 0 Å². The molecular weight excluding hydrogens is 232 g/mol. The number of ether oxygens (including phenoxy) is 1. The highest BCUT2D eigenvalue weighted by Gasteiger charge is 2.07. The summed E-state index contributed by atoms with van der Waals surface area (Å²) < 4.78 is 4.63. The largest absolute Gasteiger partial charge is 0.453 e. The number of carbonyl (C=O) groups excluding carboxylic acids is 1. The Morgan fingerprint density at radius 2 is 1.82 bits per heavy atom. The van der Waals surface area contributed by atoms with Crippen LogP contribution in [-0.2, 0) is 9.53 Å². The van der Waals surface area contributed by atoms with Crippen LogP contribution in [0.3, 0.4) is 0 Å². The van der Waals surface area contributed by atoms with Gasteiger partial charge in [0.25, 0.3) is 0 Å². The number of aliphatic hydroxyl groups excluding tert-OH is 1. The van der Waals surface area contributed by atoms with E-state index in [1.54, 1.807) is 0 Å². The fourth-order valence-corrected chi connectivity index (χ4v) is 1.52. The van der Waals surface area contributed by atoms with Gasteiger partial charge in [0, 0.05) is 19.8 Å². The van der Waals surface area contributed by atoms with E-state index in [0.29, 0.717) is 12.8 Å². The molecule has 0 spiro atoms. The molecule has 0 amide bonds. The summed E-state index contributed by atoms with van der Waals surface area (Å²) in [7, 11) is -1.35. The number of hydrogen-bond donors (Lipinski definition) is 1. The van der Waals surface area contributed by atoms with Crippen LogP contribution in [0.5, 0.6) is 0 Å². The number of carbonyl (C=O) groups is 1. The molecule has 4 heteroatoms. The summed E-state index contributed by atoms with van der Waals surface area (Å²) in [6.07, 6.45) is 0.289. The van der Waals surface area contributed by atoms with Crippen molar-refractivity contribution in [2.45, 2.75) is 45.5 Å². The molecule has 0 unspecified atom stereocenters. The molecule has 0 saturated carbocycles. The Morgan fingerprint density at radius 1 is 1.24 bits per heavy atom. The Morgan fingerprint density at radius 3 is 2.35 bits per heavy atom. The first kappa shape index (κ1) is 15.8. The van der Waals surface area contributed by atoms with Crippen LogP contribution in [-0.4, -0.2) is 31.9 Å². The summed E-state index contributed by atoms with van der Waals surface area (Å²) >= 11 is 0. The van der Waals surface area contributed by atoms with Crippen LogP contribution >= 0.6 is 0 Å². The quantitative estimate of drug-likeness (QED) is 0.471. The second-order valence-electron chi connectivity index (χ2n) is 4.75. The third-order valence-electron chi connectivity index (χ3n) is 1.61. The fourth-order valence-electron chi connectivity index (χ4n) is 0.885. The Balaban J connectivity index is 3.82. The van der Waals surface area contributed by atoms with E-state index < -0.39 is 14.2 Å². The molecule has 0 fully saturated rings. The highest BCUT2D eigenvalue weighted by Crippen LogP contribution is 1.99. The summed E-state index contributed by atoms with van der Waals surface area (Å²) in [4.78, 5) is 10.4. The van der Waals surface area contributed by atoms with E-state index in [4.69, 9.17) is 0 Å². The average Bonchev–Trinajstić information content (AvgIpc) is 2.14.